The topological polar surface area (TPSA) is 15.3 Å². The van der Waals surface area contributed by atoms with E-state index in [1.54, 1.807) is 12.1 Å². The molecule has 22 heavy (non-hydrogen) atoms. The van der Waals surface area contributed by atoms with Crippen LogP contribution in [0.2, 0.25) is 0 Å². The minimum absolute atomic E-state index is 0. The zero-order valence-corrected chi connectivity index (χ0v) is 13.2. The van der Waals surface area contributed by atoms with Crippen molar-refractivity contribution < 1.29 is 13.2 Å². The number of halogens is 4. The maximum atomic E-state index is 12.7. The summed E-state index contributed by atoms with van der Waals surface area (Å²) < 4.78 is 38.1. The Labute approximate surface area is 135 Å². The molecule has 1 aromatic rings. The molecule has 0 unspecified atom stereocenters. The number of benzene rings is 1. The number of alkyl halides is 3. The summed E-state index contributed by atoms with van der Waals surface area (Å²) >= 11 is 0. The summed E-state index contributed by atoms with van der Waals surface area (Å²) in [6.45, 7) is 3.87. The minimum Gasteiger partial charge on any atom is -0.314 e. The molecule has 1 heterocycles. The Hall–Kier alpha value is -0.780. The first-order valence-electron chi connectivity index (χ1n) is 7.67. The van der Waals surface area contributed by atoms with Gasteiger partial charge in [-0.3, -0.25) is 4.90 Å². The quantitative estimate of drug-likeness (QED) is 0.902. The van der Waals surface area contributed by atoms with Crippen molar-refractivity contribution in [2.45, 2.75) is 31.5 Å². The predicted molar refractivity (Wildman–Crippen MR) is 83.2 cm³/mol. The molecule has 1 aliphatic carbocycles. The molecule has 1 saturated heterocycles. The molecule has 0 aromatic heterocycles. The third kappa shape index (κ3) is 3.76. The predicted octanol–water partition coefficient (Wildman–Crippen LogP) is 3.87. The van der Waals surface area contributed by atoms with Gasteiger partial charge in [-0.2, -0.15) is 13.2 Å². The Morgan fingerprint density at radius 1 is 1.05 bits per heavy atom. The molecule has 2 aliphatic rings. The van der Waals surface area contributed by atoms with E-state index in [1.165, 1.54) is 31.4 Å². The lowest BCUT2D eigenvalue weighted by molar-refractivity contribution is -0.137. The molecule has 0 amide bonds. The molecule has 1 aromatic carbocycles. The molecule has 6 heteroatoms. The van der Waals surface area contributed by atoms with Gasteiger partial charge >= 0.3 is 6.18 Å². The van der Waals surface area contributed by atoms with Gasteiger partial charge in [-0.1, -0.05) is 18.6 Å². The first kappa shape index (κ1) is 17.6. The van der Waals surface area contributed by atoms with Crippen LogP contribution in [0.5, 0.6) is 0 Å². The van der Waals surface area contributed by atoms with E-state index in [4.69, 9.17) is 0 Å². The van der Waals surface area contributed by atoms with Crippen molar-refractivity contribution in [2.75, 3.05) is 26.2 Å². The number of hydrogen-bond acceptors (Lipinski definition) is 2. The van der Waals surface area contributed by atoms with Gasteiger partial charge in [-0.05, 0) is 36.5 Å². The summed E-state index contributed by atoms with van der Waals surface area (Å²) in [6, 6.07) is 6.08. The highest BCUT2D eigenvalue weighted by Crippen LogP contribution is 2.42. The number of nitrogens with one attached hydrogen (secondary N) is 1. The van der Waals surface area contributed by atoms with Crippen LogP contribution in [-0.2, 0) is 6.18 Å². The third-order valence-corrected chi connectivity index (χ3v) is 4.72. The van der Waals surface area contributed by atoms with Crippen molar-refractivity contribution in [1.29, 1.82) is 0 Å². The second-order valence-electron chi connectivity index (χ2n) is 6.04. The van der Waals surface area contributed by atoms with Gasteiger partial charge in [0.25, 0.3) is 0 Å². The maximum Gasteiger partial charge on any atom is 0.416 e. The molecule has 1 atom stereocenters. The van der Waals surface area contributed by atoms with Gasteiger partial charge in [0, 0.05) is 32.2 Å². The molecule has 0 bridgehead atoms. The molecule has 2 nitrogen and oxygen atoms in total. The lowest BCUT2D eigenvalue weighted by Crippen LogP contribution is -2.47. The van der Waals surface area contributed by atoms with Gasteiger partial charge in [-0.15, -0.1) is 12.4 Å². The summed E-state index contributed by atoms with van der Waals surface area (Å²) in [5.74, 6) is 0.597. The van der Waals surface area contributed by atoms with Gasteiger partial charge in [0.1, 0.15) is 0 Å². The van der Waals surface area contributed by atoms with Crippen LogP contribution in [0.15, 0.2) is 24.3 Å². The van der Waals surface area contributed by atoms with E-state index in [2.05, 4.69) is 10.2 Å². The molecule has 1 N–H and O–H groups in total. The molecule has 0 spiro atoms. The Kier molecular flexibility index (Phi) is 5.75. The van der Waals surface area contributed by atoms with Gasteiger partial charge in [0.2, 0.25) is 0 Å². The van der Waals surface area contributed by atoms with Crippen LogP contribution >= 0.6 is 12.4 Å². The fraction of sp³-hybridized carbons (Fsp3) is 0.625. The fourth-order valence-corrected chi connectivity index (χ4v) is 3.37. The number of nitrogens with zero attached hydrogens (tertiary/aromatic N) is 1. The largest absolute Gasteiger partial charge is 0.416 e. The molecular formula is C16H22ClF3N2. The third-order valence-electron chi connectivity index (χ3n) is 4.72. The average molecular weight is 335 g/mol. The molecule has 124 valence electrons. The number of hydrogen-bond donors (Lipinski definition) is 1. The molecule has 1 saturated carbocycles. The van der Waals surface area contributed by atoms with Crippen LogP contribution in [0.4, 0.5) is 13.2 Å². The standard InChI is InChI=1S/C16H21F3N2.ClH/c17-16(18,19)14-6-4-13(5-7-14)15(12-2-1-3-12)21-10-8-20-9-11-21;/h4-7,12,15,20H,1-3,8-11H2;1H/t15-;/m0./s1. The Morgan fingerprint density at radius 3 is 2.09 bits per heavy atom. The summed E-state index contributed by atoms with van der Waals surface area (Å²) in [6.07, 6.45) is -0.626. The van der Waals surface area contributed by atoms with Crippen LogP contribution < -0.4 is 5.32 Å². The van der Waals surface area contributed by atoms with E-state index in [-0.39, 0.29) is 18.4 Å². The fourth-order valence-electron chi connectivity index (χ4n) is 3.37. The summed E-state index contributed by atoms with van der Waals surface area (Å²) in [5.41, 5.74) is 0.480. The van der Waals surface area contributed by atoms with Gasteiger partial charge < -0.3 is 5.32 Å². The highest BCUT2D eigenvalue weighted by molar-refractivity contribution is 5.85. The maximum absolute atomic E-state index is 12.7. The van der Waals surface area contributed by atoms with E-state index in [0.717, 1.165) is 31.7 Å². The van der Waals surface area contributed by atoms with Crippen molar-refractivity contribution in [2.24, 2.45) is 5.92 Å². The SMILES string of the molecule is Cl.FC(F)(F)c1ccc([C@H](C2CCC2)N2CCNCC2)cc1. The van der Waals surface area contributed by atoms with Crippen molar-refractivity contribution in [3.8, 4) is 0 Å². The van der Waals surface area contributed by atoms with Crippen molar-refractivity contribution in [3.63, 3.8) is 0 Å². The second-order valence-corrected chi connectivity index (χ2v) is 6.04. The highest BCUT2D eigenvalue weighted by Gasteiger charge is 2.35. The first-order valence-corrected chi connectivity index (χ1v) is 7.67. The van der Waals surface area contributed by atoms with Crippen LogP contribution in [0.1, 0.15) is 36.4 Å². The lowest BCUT2D eigenvalue weighted by Gasteiger charge is -2.43. The normalized spacial score (nSPS) is 21.8. The van der Waals surface area contributed by atoms with E-state index in [9.17, 15) is 13.2 Å². The van der Waals surface area contributed by atoms with Crippen molar-refractivity contribution in [3.05, 3.63) is 35.4 Å². The van der Waals surface area contributed by atoms with Crippen LogP contribution in [0, 0.1) is 5.92 Å². The first-order chi connectivity index (χ1) is 10.1. The van der Waals surface area contributed by atoms with Crippen LogP contribution in [0.25, 0.3) is 0 Å². The van der Waals surface area contributed by atoms with Crippen LogP contribution in [-0.4, -0.2) is 31.1 Å². The summed E-state index contributed by atoms with van der Waals surface area (Å²) in [4.78, 5) is 2.43. The number of piperazine rings is 1. The van der Waals surface area contributed by atoms with E-state index in [0.29, 0.717) is 5.92 Å². The van der Waals surface area contributed by atoms with E-state index in [1.807, 2.05) is 0 Å². The average Bonchev–Trinajstić information content (AvgIpc) is 2.43. The zero-order chi connectivity index (χ0) is 14.9. The molecule has 0 radical (unpaired) electrons. The summed E-state index contributed by atoms with van der Waals surface area (Å²) in [5, 5.41) is 3.33. The lowest BCUT2D eigenvalue weighted by atomic mass is 9.76. The Morgan fingerprint density at radius 2 is 1.64 bits per heavy atom. The summed E-state index contributed by atoms with van der Waals surface area (Å²) in [7, 11) is 0. The zero-order valence-electron chi connectivity index (χ0n) is 12.4. The minimum atomic E-state index is -4.25. The van der Waals surface area contributed by atoms with Gasteiger partial charge in [0.15, 0.2) is 0 Å². The van der Waals surface area contributed by atoms with Gasteiger partial charge in [0.05, 0.1) is 5.56 Å². The second kappa shape index (κ2) is 7.20. The smallest absolute Gasteiger partial charge is 0.314 e. The molecule has 1 aliphatic heterocycles. The van der Waals surface area contributed by atoms with Gasteiger partial charge in [-0.25, -0.2) is 0 Å². The van der Waals surface area contributed by atoms with E-state index < -0.39 is 11.7 Å². The molecule has 2 fully saturated rings. The van der Waals surface area contributed by atoms with Crippen LogP contribution in [0.3, 0.4) is 0 Å². The van der Waals surface area contributed by atoms with Crippen molar-refractivity contribution in [1.82, 2.24) is 10.2 Å². The Balaban J connectivity index is 0.00000176. The highest BCUT2D eigenvalue weighted by atomic mass is 35.5. The number of rotatable bonds is 3. The van der Waals surface area contributed by atoms with Crippen molar-refractivity contribution >= 4 is 12.4 Å². The monoisotopic (exact) mass is 334 g/mol. The Bertz CT molecular complexity index is 465. The van der Waals surface area contributed by atoms with E-state index >= 15 is 0 Å². The molecular weight excluding hydrogens is 313 g/mol. The molecule has 3 rings (SSSR count).